The van der Waals surface area contributed by atoms with Crippen LogP contribution in [0.15, 0.2) is 12.1 Å². The number of alkyl halides is 3. The van der Waals surface area contributed by atoms with Crippen LogP contribution < -0.4 is 0 Å². The number of carbonyl (C=O) groups is 1. The van der Waals surface area contributed by atoms with Crippen LogP contribution >= 0.6 is 0 Å². The van der Waals surface area contributed by atoms with Gasteiger partial charge in [-0.15, -0.1) is 0 Å². The molecule has 116 valence electrons. The van der Waals surface area contributed by atoms with E-state index in [4.69, 9.17) is 0 Å². The molecule has 2 rings (SSSR count). The van der Waals surface area contributed by atoms with E-state index in [0.29, 0.717) is 0 Å². The minimum atomic E-state index is -4.27. The summed E-state index contributed by atoms with van der Waals surface area (Å²) in [6, 6.07) is 2.23. The number of halogens is 5. The molecule has 0 heterocycles. The van der Waals surface area contributed by atoms with Crippen LogP contribution in [-0.2, 0) is 0 Å². The molecule has 1 saturated carbocycles. The molecule has 0 atom stereocenters. The standard InChI is InChI=1S/C15H15F5O/c1-8-2-7-11(16)12(13(8)17)14(21)9-3-5-10(6-4-9)15(18,19)20/h2,7,9-10H,3-6H2,1H3. The first-order chi connectivity index (χ1) is 9.71. The molecule has 0 saturated heterocycles. The van der Waals surface area contributed by atoms with E-state index in [0.717, 1.165) is 6.07 Å². The monoisotopic (exact) mass is 306 g/mol. The highest BCUT2D eigenvalue weighted by atomic mass is 19.4. The molecule has 0 bridgehead atoms. The zero-order valence-electron chi connectivity index (χ0n) is 11.4. The molecule has 1 aliphatic rings. The van der Waals surface area contributed by atoms with Gasteiger partial charge in [0.05, 0.1) is 11.5 Å². The first kappa shape index (κ1) is 15.9. The number of ketones is 1. The van der Waals surface area contributed by atoms with Gasteiger partial charge in [-0.2, -0.15) is 13.2 Å². The molecule has 1 fully saturated rings. The molecule has 0 radical (unpaired) electrons. The highest BCUT2D eigenvalue weighted by Gasteiger charge is 2.43. The zero-order chi connectivity index (χ0) is 15.8. The van der Waals surface area contributed by atoms with E-state index in [-0.39, 0.29) is 31.2 Å². The van der Waals surface area contributed by atoms with Crippen molar-refractivity contribution in [1.82, 2.24) is 0 Å². The van der Waals surface area contributed by atoms with Crippen molar-refractivity contribution in [3.8, 4) is 0 Å². The molecule has 1 aliphatic carbocycles. The Hall–Kier alpha value is -1.46. The maximum Gasteiger partial charge on any atom is 0.391 e. The van der Waals surface area contributed by atoms with Gasteiger partial charge in [-0.1, -0.05) is 6.07 Å². The van der Waals surface area contributed by atoms with Crippen LogP contribution in [0.1, 0.15) is 41.6 Å². The average molecular weight is 306 g/mol. The van der Waals surface area contributed by atoms with Gasteiger partial charge in [-0.25, -0.2) is 8.78 Å². The number of hydrogen-bond donors (Lipinski definition) is 0. The number of aryl methyl sites for hydroxylation is 1. The van der Waals surface area contributed by atoms with Crippen LogP contribution in [0.5, 0.6) is 0 Å². The van der Waals surface area contributed by atoms with Crippen molar-refractivity contribution in [3.63, 3.8) is 0 Å². The van der Waals surface area contributed by atoms with E-state index in [9.17, 15) is 26.7 Å². The Morgan fingerprint density at radius 3 is 2.19 bits per heavy atom. The summed E-state index contributed by atoms with van der Waals surface area (Å²) < 4.78 is 65.3. The maximum atomic E-state index is 13.9. The molecule has 1 nitrogen and oxygen atoms in total. The molecular weight excluding hydrogens is 291 g/mol. The summed E-state index contributed by atoms with van der Waals surface area (Å²) in [5.41, 5.74) is -0.478. The van der Waals surface area contributed by atoms with Gasteiger partial charge in [0.2, 0.25) is 0 Å². The van der Waals surface area contributed by atoms with Crippen LogP contribution in [0.3, 0.4) is 0 Å². The van der Waals surface area contributed by atoms with Gasteiger partial charge >= 0.3 is 6.18 Å². The Kier molecular flexibility index (Phi) is 4.35. The fourth-order valence-corrected chi connectivity index (χ4v) is 2.77. The fraction of sp³-hybridized carbons (Fsp3) is 0.533. The number of Topliss-reactive ketones (excluding diaryl/α,β-unsaturated/α-hetero) is 1. The van der Waals surface area contributed by atoms with Gasteiger partial charge in [-0.05, 0) is 44.2 Å². The van der Waals surface area contributed by atoms with E-state index < -0.39 is 41.0 Å². The molecule has 1 aromatic carbocycles. The molecule has 6 heteroatoms. The van der Waals surface area contributed by atoms with E-state index >= 15 is 0 Å². The largest absolute Gasteiger partial charge is 0.391 e. The first-order valence-electron chi connectivity index (χ1n) is 6.77. The quantitative estimate of drug-likeness (QED) is 0.565. The maximum absolute atomic E-state index is 13.9. The number of hydrogen-bond acceptors (Lipinski definition) is 1. The van der Waals surface area contributed by atoms with Crippen LogP contribution in [0, 0.1) is 30.4 Å². The number of carbonyl (C=O) groups excluding carboxylic acids is 1. The summed E-state index contributed by atoms with van der Waals surface area (Å²) >= 11 is 0. The summed E-state index contributed by atoms with van der Waals surface area (Å²) in [5.74, 6) is -4.77. The summed E-state index contributed by atoms with van der Waals surface area (Å²) in [6.07, 6.45) is -4.59. The highest BCUT2D eigenvalue weighted by Crippen LogP contribution is 2.40. The predicted octanol–water partition coefficient (Wildman–Crippen LogP) is 4.82. The van der Waals surface area contributed by atoms with Crippen molar-refractivity contribution in [2.45, 2.75) is 38.8 Å². The van der Waals surface area contributed by atoms with Crippen molar-refractivity contribution in [2.75, 3.05) is 0 Å². The molecule has 0 aromatic heterocycles. The molecule has 1 aromatic rings. The van der Waals surface area contributed by atoms with Crippen molar-refractivity contribution in [3.05, 3.63) is 34.9 Å². The second kappa shape index (κ2) is 5.73. The highest BCUT2D eigenvalue weighted by molar-refractivity contribution is 5.98. The third-order valence-electron chi connectivity index (χ3n) is 4.09. The Morgan fingerprint density at radius 1 is 1.10 bits per heavy atom. The zero-order valence-corrected chi connectivity index (χ0v) is 11.4. The molecule has 0 N–H and O–H groups in total. The normalized spacial score (nSPS) is 23.1. The second-order valence-corrected chi connectivity index (χ2v) is 5.51. The van der Waals surface area contributed by atoms with E-state index in [1.807, 2.05) is 0 Å². The lowest BCUT2D eigenvalue weighted by Gasteiger charge is -2.29. The van der Waals surface area contributed by atoms with Gasteiger partial charge < -0.3 is 0 Å². The minimum Gasteiger partial charge on any atom is -0.294 e. The summed E-state index contributed by atoms with van der Waals surface area (Å²) in [6.45, 7) is 1.41. The van der Waals surface area contributed by atoms with Gasteiger partial charge in [0.15, 0.2) is 5.78 Å². The molecular formula is C15H15F5O. The van der Waals surface area contributed by atoms with Crippen LogP contribution in [0.25, 0.3) is 0 Å². The van der Waals surface area contributed by atoms with Crippen molar-refractivity contribution in [2.24, 2.45) is 11.8 Å². The number of rotatable bonds is 2. The van der Waals surface area contributed by atoms with Crippen LogP contribution in [0.4, 0.5) is 22.0 Å². The summed E-state index contributed by atoms with van der Waals surface area (Å²) in [7, 11) is 0. The third kappa shape index (κ3) is 3.24. The summed E-state index contributed by atoms with van der Waals surface area (Å²) in [5, 5.41) is 0. The Morgan fingerprint density at radius 2 is 1.67 bits per heavy atom. The van der Waals surface area contributed by atoms with Crippen molar-refractivity contribution < 1.29 is 26.7 Å². The molecule has 0 aliphatic heterocycles. The van der Waals surface area contributed by atoms with E-state index in [1.165, 1.54) is 13.0 Å². The van der Waals surface area contributed by atoms with Crippen LogP contribution in [-0.4, -0.2) is 12.0 Å². The number of benzene rings is 1. The topological polar surface area (TPSA) is 17.1 Å². The van der Waals surface area contributed by atoms with Gasteiger partial charge in [0.25, 0.3) is 0 Å². The third-order valence-corrected chi connectivity index (χ3v) is 4.09. The Labute approximate surface area is 119 Å². The molecule has 0 amide bonds. The Bertz CT molecular complexity index is 542. The SMILES string of the molecule is Cc1ccc(F)c(C(=O)C2CCC(C(F)(F)F)CC2)c1F. The van der Waals surface area contributed by atoms with Gasteiger partial charge in [0, 0.05) is 5.92 Å². The van der Waals surface area contributed by atoms with E-state index in [1.54, 1.807) is 0 Å². The average Bonchev–Trinajstić information content (AvgIpc) is 2.42. The minimum absolute atomic E-state index is 0.00975. The second-order valence-electron chi connectivity index (χ2n) is 5.51. The Balaban J connectivity index is 2.15. The lowest BCUT2D eigenvalue weighted by molar-refractivity contribution is -0.183. The smallest absolute Gasteiger partial charge is 0.294 e. The predicted molar refractivity (Wildman–Crippen MR) is 66.9 cm³/mol. The lowest BCUT2D eigenvalue weighted by Crippen LogP contribution is -2.31. The molecule has 21 heavy (non-hydrogen) atoms. The van der Waals surface area contributed by atoms with Crippen molar-refractivity contribution >= 4 is 5.78 Å². The van der Waals surface area contributed by atoms with Gasteiger partial charge in [-0.3, -0.25) is 4.79 Å². The molecule has 0 unspecified atom stereocenters. The van der Waals surface area contributed by atoms with Crippen molar-refractivity contribution in [1.29, 1.82) is 0 Å². The lowest BCUT2D eigenvalue weighted by atomic mass is 9.78. The van der Waals surface area contributed by atoms with E-state index in [2.05, 4.69) is 0 Å². The summed E-state index contributed by atoms with van der Waals surface area (Å²) in [4.78, 5) is 12.2. The molecule has 0 spiro atoms. The fourth-order valence-electron chi connectivity index (χ4n) is 2.77. The van der Waals surface area contributed by atoms with Crippen LogP contribution in [0.2, 0.25) is 0 Å². The van der Waals surface area contributed by atoms with Gasteiger partial charge in [0.1, 0.15) is 11.6 Å². The first-order valence-corrected chi connectivity index (χ1v) is 6.77.